The minimum atomic E-state index is -1.14. The minimum Gasteiger partial charge on any atom is -0.350 e. The first-order chi connectivity index (χ1) is 16.7. The molecule has 0 heterocycles. The minimum absolute atomic E-state index is 0.0152. The third kappa shape index (κ3) is 9.44. The highest BCUT2D eigenvalue weighted by Gasteiger charge is 2.27. The predicted molar refractivity (Wildman–Crippen MR) is 126 cm³/mol. The van der Waals surface area contributed by atoms with Crippen LogP contribution in [0.1, 0.15) is 37.3 Å². The van der Waals surface area contributed by atoms with Crippen molar-refractivity contribution < 1.29 is 28.0 Å². The third-order valence-corrected chi connectivity index (χ3v) is 5.16. The van der Waals surface area contributed by atoms with E-state index in [4.69, 9.17) is 5.41 Å². The topological polar surface area (TPSA) is 128 Å². The first-order valence-electron chi connectivity index (χ1n) is 11.1. The molecule has 0 saturated heterocycles. The van der Waals surface area contributed by atoms with E-state index in [0.717, 1.165) is 0 Å². The van der Waals surface area contributed by atoms with Crippen LogP contribution >= 0.6 is 0 Å². The van der Waals surface area contributed by atoms with E-state index < -0.39 is 47.2 Å². The van der Waals surface area contributed by atoms with Crippen LogP contribution in [0, 0.1) is 17.0 Å². The molecule has 0 aliphatic heterocycles. The van der Waals surface area contributed by atoms with Gasteiger partial charge in [-0.2, -0.15) is 0 Å². The van der Waals surface area contributed by atoms with E-state index in [1.165, 1.54) is 42.5 Å². The molecule has 0 fully saturated rings. The van der Waals surface area contributed by atoms with Crippen LogP contribution in [0.5, 0.6) is 0 Å². The number of carbonyl (C=O) groups excluding carboxylic acids is 4. The summed E-state index contributed by atoms with van der Waals surface area (Å²) >= 11 is 0. The van der Waals surface area contributed by atoms with Crippen molar-refractivity contribution in [2.75, 3.05) is 0 Å². The zero-order valence-corrected chi connectivity index (χ0v) is 19.3. The van der Waals surface area contributed by atoms with E-state index in [1.54, 1.807) is 13.0 Å². The Morgan fingerprint density at radius 3 is 2.26 bits per heavy atom. The van der Waals surface area contributed by atoms with Crippen molar-refractivity contribution in [2.45, 2.75) is 51.2 Å². The largest absolute Gasteiger partial charge is 0.350 e. The van der Waals surface area contributed by atoms with Gasteiger partial charge in [0.25, 0.3) is 0 Å². The molecule has 3 amide bonds. The Kier molecular flexibility index (Phi) is 10.7. The second-order valence-electron chi connectivity index (χ2n) is 7.86. The molecule has 35 heavy (non-hydrogen) atoms. The molecule has 0 aliphatic rings. The number of hydrogen-bond acceptors (Lipinski definition) is 5. The number of Topliss-reactive ketones (excluding diaryl/α,β-unsaturated/α-hetero) is 1. The number of amides is 3. The molecule has 0 spiro atoms. The van der Waals surface area contributed by atoms with Crippen LogP contribution in [0.3, 0.4) is 0 Å². The number of benzene rings is 2. The fraction of sp³-hybridized carbons (Fsp3) is 0.320. The highest BCUT2D eigenvalue weighted by atomic mass is 19.1. The lowest BCUT2D eigenvalue weighted by molar-refractivity contribution is -0.132. The molecule has 2 rings (SSSR count). The molecule has 8 nitrogen and oxygen atoms in total. The number of carbonyl (C=O) groups is 4. The zero-order chi connectivity index (χ0) is 25.8. The number of halogens is 2. The molecule has 2 aromatic rings. The average Bonchev–Trinajstić information content (AvgIpc) is 2.85. The fourth-order valence-electron chi connectivity index (χ4n) is 3.22. The summed E-state index contributed by atoms with van der Waals surface area (Å²) in [4.78, 5) is 49.5. The molecule has 0 saturated carbocycles. The van der Waals surface area contributed by atoms with Crippen LogP contribution < -0.4 is 16.0 Å². The third-order valence-electron chi connectivity index (χ3n) is 5.16. The van der Waals surface area contributed by atoms with Gasteiger partial charge in [0.2, 0.25) is 17.7 Å². The molecule has 10 heteroatoms. The van der Waals surface area contributed by atoms with Crippen molar-refractivity contribution in [3.63, 3.8) is 0 Å². The molecule has 0 radical (unpaired) electrons. The van der Waals surface area contributed by atoms with Crippen LogP contribution in [-0.2, 0) is 32.1 Å². The standard InChI is InChI=1S/C25H28F2N4O4/c1-2-23(33)30-22(13-17-4-3-5-19(27)12-17)25(35)31-21(11-10-20(32)14-28)24(34)29-15-16-6-8-18(26)9-7-16/h3-9,12,14,21-22,28H,2,10-11,13,15H2,1H3,(H,29,34)(H,30,33)(H,31,35)/t21-,22-/m0/s1. The van der Waals surface area contributed by atoms with Crippen molar-refractivity contribution in [3.05, 3.63) is 71.3 Å². The fourth-order valence-corrected chi connectivity index (χ4v) is 3.22. The Morgan fingerprint density at radius 1 is 0.914 bits per heavy atom. The number of hydrogen-bond donors (Lipinski definition) is 4. The summed E-state index contributed by atoms with van der Waals surface area (Å²) in [5.41, 5.74) is 1.09. The first-order valence-corrected chi connectivity index (χ1v) is 11.1. The number of nitrogens with one attached hydrogen (secondary N) is 4. The van der Waals surface area contributed by atoms with Crippen LogP contribution in [0.15, 0.2) is 48.5 Å². The van der Waals surface area contributed by atoms with Crippen molar-refractivity contribution >= 4 is 29.7 Å². The van der Waals surface area contributed by atoms with Gasteiger partial charge in [0.1, 0.15) is 23.7 Å². The summed E-state index contributed by atoms with van der Waals surface area (Å²) in [6.45, 7) is 1.67. The Balaban J connectivity index is 2.15. The van der Waals surface area contributed by atoms with Crippen molar-refractivity contribution in [3.8, 4) is 0 Å². The van der Waals surface area contributed by atoms with E-state index >= 15 is 0 Å². The monoisotopic (exact) mass is 486 g/mol. The molecular formula is C25H28F2N4O4. The second kappa shape index (κ2) is 13.7. The Labute approximate surface area is 202 Å². The normalized spacial score (nSPS) is 12.2. The van der Waals surface area contributed by atoms with Gasteiger partial charge >= 0.3 is 0 Å². The van der Waals surface area contributed by atoms with E-state index in [0.29, 0.717) is 17.3 Å². The molecular weight excluding hydrogens is 458 g/mol. The van der Waals surface area contributed by atoms with Gasteiger partial charge in [0.05, 0.1) is 6.21 Å². The van der Waals surface area contributed by atoms with Crippen molar-refractivity contribution in [1.82, 2.24) is 16.0 Å². The lowest BCUT2D eigenvalue weighted by atomic mass is 10.0. The van der Waals surface area contributed by atoms with Crippen LogP contribution in [-0.4, -0.2) is 41.8 Å². The molecule has 186 valence electrons. The SMILES string of the molecule is CCC(=O)N[C@@H](Cc1cccc(F)c1)C(=O)N[C@@H](CCC(=O)C=N)C(=O)NCc1ccc(F)cc1. The summed E-state index contributed by atoms with van der Waals surface area (Å²) in [5.74, 6) is -3.11. The van der Waals surface area contributed by atoms with E-state index in [2.05, 4.69) is 16.0 Å². The van der Waals surface area contributed by atoms with Crippen LogP contribution in [0.4, 0.5) is 8.78 Å². The Hall–Kier alpha value is -3.95. The van der Waals surface area contributed by atoms with Crippen molar-refractivity contribution in [1.29, 1.82) is 5.41 Å². The number of rotatable bonds is 13. The molecule has 0 aliphatic carbocycles. The maximum absolute atomic E-state index is 13.6. The summed E-state index contributed by atoms with van der Waals surface area (Å²) in [6.07, 6.45) is 0.489. The van der Waals surface area contributed by atoms with Gasteiger partial charge in [-0.1, -0.05) is 31.2 Å². The van der Waals surface area contributed by atoms with Gasteiger partial charge in [-0.3, -0.25) is 19.2 Å². The number of ketones is 1. The summed E-state index contributed by atoms with van der Waals surface area (Å²) in [7, 11) is 0. The first kappa shape index (κ1) is 27.3. The van der Waals surface area contributed by atoms with Gasteiger partial charge in [-0.25, -0.2) is 8.78 Å². The van der Waals surface area contributed by atoms with E-state index in [9.17, 15) is 28.0 Å². The molecule has 0 unspecified atom stereocenters. The quantitative estimate of drug-likeness (QED) is 0.324. The highest BCUT2D eigenvalue weighted by molar-refractivity contribution is 6.26. The highest BCUT2D eigenvalue weighted by Crippen LogP contribution is 2.09. The Morgan fingerprint density at radius 2 is 1.63 bits per heavy atom. The smallest absolute Gasteiger partial charge is 0.243 e. The molecule has 4 N–H and O–H groups in total. The lowest BCUT2D eigenvalue weighted by Gasteiger charge is -2.23. The van der Waals surface area contributed by atoms with Gasteiger partial charge in [0.15, 0.2) is 5.78 Å². The van der Waals surface area contributed by atoms with Gasteiger partial charge < -0.3 is 21.4 Å². The van der Waals surface area contributed by atoms with Gasteiger partial charge in [-0.05, 0) is 41.8 Å². The van der Waals surface area contributed by atoms with Crippen LogP contribution in [0.2, 0.25) is 0 Å². The lowest BCUT2D eigenvalue weighted by Crippen LogP contribution is -2.54. The van der Waals surface area contributed by atoms with Crippen LogP contribution in [0.25, 0.3) is 0 Å². The molecule has 2 aromatic carbocycles. The van der Waals surface area contributed by atoms with E-state index in [1.807, 2.05) is 0 Å². The predicted octanol–water partition coefficient (Wildman–Crippen LogP) is 2.20. The molecule has 0 aromatic heterocycles. The van der Waals surface area contributed by atoms with Gasteiger partial charge in [0, 0.05) is 25.8 Å². The van der Waals surface area contributed by atoms with Gasteiger partial charge in [-0.15, -0.1) is 0 Å². The maximum Gasteiger partial charge on any atom is 0.243 e. The summed E-state index contributed by atoms with van der Waals surface area (Å²) < 4.78 is 26.7. The molecule has 0 bridgehead atoms. The zero-order valence-electron chi connectivity index (χ0n) is 19.3. The maximum atomic E-state index is 13.6. The molecule has 2 atom stereocenters. The summed E-state index contributed by atoms with van der Waals surface area (Å²) in [6, 6.07) is 8.85. The second-order valence-corrected chi connectivity index (χ2v) is 7.86. The Bertz CT molecular complexity index is 1060. The summed E-state index contributed by atoms with van der Waals surface area (Å²) in [5, 5.41) is 14.8. The van der Waals surface area contributed by atoms with Crippen molar-refractivity contribution in [2.24, 2.45) is 0 Å². The average molecular weight is 487 g/mol. The van der Waals surface area contributed by atoms with E-state index in [-0.39, 0.29) is 32.2 Å².